The molecule has 1 aromatic carbocycles. The van der Waals surface area contributed by atoms with Crippen LogP contribution in [0.1, 0.15) is 30.9 Å². The Morgan fingerprint density at radius 1 is 0.800 bits per heavy atom. The van der Waals surface area contributed by atoms with Gasteiger partial charge in [0.1, 0.15) is 0 Å². The molecule has 0 unspecified atom stereocenters. The van der Waals surface area contributed by atoms with Crippen molar-refractivity contribution in [3.05, 3.63) is 41.5 Å². The van der Waals surface area contributed by atoms with E-state index in [0.717, 1.165) is 41.8 Å². The van der Waals surface area contributed by atoms with E-state index in [1.165, 1.54) is 12.8 Å². The Balaban J connectivity index is 1.39. The zero-order valence-corrected chi connectivity index (χ0v) is 18.9. The quantitative estimate of drug-likeness (QED) is 0.744. The monoisotopic (exact) mass is 429 g/mol. The molecule has 3 heterocycles. The van der Waals surface area contributed by atoms with Crippen LogP contribution in [0.5, 0.6) is 0 Å². The normalized spacial score (nSPS) is 19.3. The Hall–Kier alpha value is -2.19. The predicted molar refractivity (Wildman–Crippen MR) is 120 cm³/mol. The molecule has 7 nitrogen and oxygen atoms in total. The van der Waals surface area contributed by atoms with Crippen LogP contribution in [0.25, 0.3) is 0 Å². The summed E-state index contributed by atoms with van der Waals surface area (Å²) < 4.78 is 27.6. The summed E-state index contributed by atoms with van der Waals surface area (Å²) in [5.41, 5.74) is 2.09. The molecule has 1 aromatic heterocycles. The summed E-state index contributed by atoms with van der Waals surface area (Å²) in [5.74, 6) is 2.53. The van der Waals surface area contributed by atoms with Crippen LogP contribution in [-0.2, 0) is 10.0 Å². The molecule has 0 spiro atoms. The third-order valence-corrected chi connectivity index (χ3v) is 8.32. The maximum atomic E-state index is 13.0. The zero-order chi connectivity index (χ0) is 21.3. The molecular weight excluding hydrogens is 398 g/mol. The van der Waals surface area contributed by atoms with E-state index in [1.54, 1.807) is 16.4 Å². The third kappa shape index (κ3) is 4.30. The first kappa shape index (κ1) is 21.1. The van der Waals surface area contributed by atoms with Crippen molar-refractivity contribution < 1.29 is 8.42 Å². The number of hydrogen-bond acceptors (Lipinski definition) is 6. The summed E-state index contributed by atoms with van der Waals surface area (Å²) >= 11 is 0. The molecule has 2 fully saturated rings. The van der Waals surface area contributed by atoms with E-state index in [4.69, 9.17) is 0 Å². The molecule has 0 N–H and O–H groups in total. The second kappa shape index (κ2) is 8.51. The van der Waals surface area contributed by atoms with Crippen LogP contribution in [0.3, 0.4) is 0 Å². The van der Waals surface area contributed by atoms with Gasteiger partial charge in [0, 0.05) is 39.3 Å². The van der Waals surface area contributed by atoms with Crippen molar-refractivity contribution in [2.24, 2.45) is 5.92 Å². The van der Waals surface area contributed by atoms with Gasteiger partial charge in [-0.3, -0.25) is 0 Å². The van der Waals surface area contributed by atoms with Gasteiger partial charge in [-0.25, -0.2) is 8.42 Å². The number of aryl methyl sites for hydroxylation is 2. The van der Waals surface area contributed by atoms with Crippen LogP contribution in [0.4, 0.5) is 11.6 Å². The molecule has 162 valence electrons. The number of benzene rings is 1. The van der Waals surface area contributed by atoms with Crippen molar-refractivity contribution in [2.75, 3.05) is 49.1 Å². The summed E-state index contributed by atoms with van der Waals surface area (Å²) in [7, 11) is -3.47. The maximum Gasteiger partial charge on any atom is 0.243 e. The fourth-order valence-electron chi connectivity index (χ4n) is 4.07. The van der Waals surface area contributed by atoms with E-state index < -0.39 is 10.0 Å². The average molecular weight is 430 g/mol. The highest BCUT2D eigenvalue weighted by Gasteiger charge is 2.29. The van der Waals surface area contributed by atoms with Crippen molar-refractivity contribution in [2.45, 2.75) is 38.5 Å². The van der Waals surface area contributed by atoms with Gasteiger partial charge in [0.25, 0.3) is 0 Å². The van der Waals surface area contributed by atoms with Crippen molar-refractivity contribution in [1.29, 1.82) is 0 Å². The Kier molecular flexibility index (Phi) is 5.97. The summed E-state index contributed by atoms with van der Waals surface area (Å²) in [4.78, 5) is 4.78. The smallest absolute Gasteiger partial charge is 0.243 e. The van der Waals surface area contributed by atoms with E-state index in [0.29, 0.717) is 31.1 Å². The SMILES string of the molecule is Cc1ccc(S(=O)(=O)N2CCN(c3ccc(N4CCC(C)CC4)nn3)CC2)cc1C. The van der Waals surface area contributed by atoms with Crippen molar-refractivity contribution in [3.8, 4) is 0 Å². The molecule has 30 heavy (non-hydrogen) atoms. The highest BCUT2D eigenvalue weighted by Crippen LogP contribution is 2.24. The van der Waals surface area contributed by atoms with Gasteiger partial charge in [0.2, 0.25) is 10.0 Å². The number of anilines is 2. The van der Waals surface area contributed by atoms with Gasteiger partial charge in [-0.05, 0) is 68.0 Å². The first-order valence-electron chi connectivity index (χ1n) is 10.8. The van der Waals surface area contributed by atoms with E-state index in [1.807, 2.05) is 32.0 Å². The minimum atomic E-state index is -3.47. The molecule has 8 heteroatoms. The highest BCUT2D eigenvalue weighted by molar-refractivity contribution is 7.89. The van der Waals surface area contributed by atoms with Crippen LogP contribution >= 0.6 is 0 Å². The van der Waals surface area contributed by atoms with E-state index in [2.05, 4.69) is 26.9 Å². The van der Waals surface area contributed by atoms with Gasteiger partial charge in [0.15, 0.2) is 11.6 Å². The van der Waals surface area contributed by atoms with Gasteiger partial charge in [-0.15, -0.1) is 10.2 Å². The molecule has 2 saturated heterocycles. The van der Waals surface area contributed by atoms with Crippen molar-refractivity contribution >= 4 is 21.7 Å². The number of aromatic nitrogens is 2. The molecular formula is C22H31N5O2S. The molecule has 0 radical (unpaired) electrons. The lowest BCUT2D eigenvalue weighted by atomic mass is 9.99. The van der Waals surface area contributed by atoms with Crippen molar-refractivity contribution in [1.82, 2.24) is 14.5 Å². The second-order valence-electron chi connectivity index (χ2n) is 8.56. The fourth-order valence-corrected chi connectivity index (χ4v) is 5.58. The Labute approximate surface area is 179 Å². The highest BCUT2D eigenvalue weighted by atomic mass is 32.2. The second-order valence-corrected chi connectivity index (χ2v) is 10.5. The summed E-state index contributed by atoms with van der Waals surface area (Å²) in [6.07, 6.45) is 2.39. The van der Waals surface area contributed by atoms with Crippen LogP contribution in [0.15, 0.2) is 35.2 Å². The van der Waals surface area contributed by atoms with Gasteiger partial charge in [0.05, 0.1) is 4.90 Å². The third-order valence-electron chi connectivity index (χ3n) is 6.42. The number of sulfonamides is 1. The molecule has 0 saturated carbocycles. The lowest BCUT2D eigenvalue weighted by Gasteiger charge is -2.35. The van der Waals surface area contributed by atoms with Gasteiger partial charge >= 0.3 is 0 Å². The number of nitrogens with zero attached hydrogens (tertiary/aromatic N) is 5. The summed E-state index contributed by atoms with van der Waals surface area (Å²) in [6.45, 7) is 10.4. The Bertz CT molecular complexity index is 977. The number of hydrogen-bond donors (Lipinski definition) is 0. The van der Waals surface area contributed by atoms with Crippen LogP contribution in [0, 0.1) is 19.8 Å². The number of rotatable bonds is 4. The van der Waals surface area contributed by atoms with Crippen molar-refractivity contribution in [3.63, 3.8) is 0 Å². The van der Waals surface area contributed by atoms with E-state index >= 15 is 0 Å². The Morgan fingerprint density at radius 3 is 1.90 bits per heavy atom. The minimum absolute atomic E-state index is 0.374. The van der Waals surface area contributed by atoms with E-state index in [-0.39, 0.29) is 0 Å². The fraction of sp³-hybridized carbons (Fsp3) is 0.545. The molecule has 4 rings (SSSR count). The number of piperazine rings is 1. The first-order chi connectivity index (χ1) is 14.3. The Morgan fingerprint density at radius 2 is 1.37 bits per heavy atom. The van der Waals surface area contributed by atoms with Gasteiger partial charge < -0.3 is 9.80 Å². The van der Waals surface area contributed by atoms with Crippen LogP contribution in [0.2, 0.25) is 0 Å². The summed E-state index contributed by atoms with van der Waals surface area (Å²) in [5, 5.41) is 8.87. The summed E-state index contributed by atoms with van der Waals surface area (Å²) in [6, 6.07) is 9.39. The zero-order valence-electron chi connectivity index (χ0n) is 18.1. The molecule has 0 bridgehead atoms. The largest absolute Gasteiger partial charge is 0.355 e. The first-order valence-corrected chi connectivity index (χ1v) is 12.2. The van der Waals surface area contributed by atoms with E-state index in [9.17, 15) is 8.42 Å². The van der Waals surface area contributed by atoms with Crippen LogP contribution in [-0.4, -0.2) is 62.2 Å². The van der Waals surface area contributed by atoms with Gasteiger partial charge in [-0.2, -0.15) is 4.31 Å². The molecule has 0 aliphatic carbocycles. The maximum absolute atomic E-state index is 13.0. The predicted octanol–water partition coefficient (Wildman–Crippen LogP) is 2.84. The molecule has 2 aliphatic rings. The van der Waals surface area contributed by atoms with Crippen LogP contribution < -0.4 is 9.80 Å². The number of piperidine rings is 1. The topological polar surface area (TPSA) is 69.6 Å². The van der Waals surface area contributed by atoms with Gasteiger partial charge in [-0.1, -0.05) is 13.0 Å². The molecule has 0 amide bonds. The lowest BCUT2D eigenvalue weighted by Crippen LogP contribution is -2.49. The molecule has 2 aliphatic heterocycles. The standard InChI is InChI=1S/C22H31N5O2S/c1-17-8-10-25(11-9-17)21-6-7-22(24-23-21)26-12-14-27(15-13-26)30(28,29)20-5-4-18(2)19(3)16-20/h4-7,16-17H,8-15H2,1-3H3. The molecule has 0 atom stereocenters. The minimum Gasteiger partial charge on any atom is -0.355 e. The molecule has 2 aromatic rings. The average Bonchev–Trinajstić information content (AvgIpc) is 2.76. The lowest BCUT2D eigenvalue weighted by molar-refractivity contribution is 0.383.